The van der Waals surface area contributed by atoms with Crippen LogP contribution in [0.5, 0.6) is 11.5 Å². The first-order valence-corrected chi connectivity index (χ1v) is 26.3. The SMILES string of the molecule is c1ccc([Si](c2ccccc2)(c2ccccc2)c2ccc3c(c2)C2(c4ccccc4O3)c3ccccc3-c3ccc([Si](c4ccccc4)(c4ccccc4)c4ccccc4)cc32)cc1. The predicted molar refractivity (Wildman–Crippen MR) is 271 cm³/mol. The summed E-state index contributed by atoms with van der Waals surface area (Å²) in [5, 5.41) is 10.8. The quantitative estimate of drug-likeness (QED) is 0.110. The van der Waals surface area contributed by atoms with Gasteiger partial charge in [0.25, 0.3) is 0 Å². The van der Waals surface area contributed by atoms with Crippen molar-refractivity contribution >= 4 is 57.6 Å². The van der Waals surface area contributed by atoms with Crippen molar-refractivity contribution in [3.8, 4) is 22.6 Å². The van der Waals surface area contributed by atoms with Gasteiger partial charge in [-0.25, -0.2) is 0 Å². The second-order valence-electron chi connectivity index (χ2n) is 17.1. The molecule has 0 aromatic heterocycles. The minimum Gasteiger partial charge on any atom is -0.457 e. The highest BCUT2D eigenvalue weighted by molar-refractivity contribution is 7.20. The van der Waals surface area contributed by atoms with Crippen LogP contribution in [-0.4, -0.2) is 16.1 Å². The van der Waals surface area contributed by atoms with Crippen LogP contribution in [0.3, 0.4) is 0 Å². The molecule has 12 rings (SSSR count). The highest BCUT2D eigenvalue weighted by atomic mass is 28.3. The third-order valence-electron chi connectivity index (χ3n) is 14.0. The van der Waals surface area contributed by atoms with Gasteiger partial charge >= 0.3 is 0 Å². The van der Waals surface area contributed by atoms with Crippen LogP contribution in [0.1, 0.15) is 22.3 Å². The standard InChI is InChI=1S/C61H44OSi2/c1-7-23-45(24-8-1)63(46-25-9-2-10-26-46,47-27-11-3-12-28-47)51-39-41-54-53-35-19-20-36-55(53)61(57(54)43-51)56-37-21-22-38-59(56)62-60-42-40-52(44-58(60)61)64(48-29-13-4-14-30-48,49-31-15-5-16-32-49)50-33-17-6-18-34-50/h1-44H. The molecule has 1 nitrogen and oxygen atoms in total. The van der Waals surface area contributed by atoms with Crippen molar-refractivity contribution in [3.63, 3.8) is 0 Å². The number of ether oxygens (including phenoxy) is 1. The number of para-hydroxylation sites is 1. The van der Waals surface area contributed by atoms with Crippen LogP contribution >= 0.6 is 0 Å². The van der Waals surface area contributed by atoms with E-state index in [9.17, 15) is 0 Å². The highest BCUT2D eigenvalue weighted by Gasteiger charge is 2.53. The highest BCUT2D eigenvalue weighted by Crippen LogP contribution is 2.61. The van der Waals surface area contributed by atoms with E-state index in [-0.39, 0.29) is 0 Å². The van der Waals surface area contributed by atoms with Crippen LogP contribution in [0.15, 0.2) is 267 Å². The molecule has 1 spiro atoms. The lowest BCUT2D eigenvalue weighted by Gasteiger charge is -2.42. The Kier molecular flexibility index (Phi) is 9.15. The number of rotatable bonds is 8. The molecular weight excluding hydrogens is 805 g/mol. The molecule has 1 atom stereocenters. The first-order valence-electron chi connectivity index (χ1n) is 22.3. The van der Waals surface area contributed by atoms with Crippen molar-refractivity contribution in [1.29, 1.82) is 0 Å². The number of fused-ring (bicyclic) bond motifs is 9. The fourth-order valence-electron chi connectivity index (χ4n) is 11.5. The fourth-order valence-corrected chi connectivity index (χ4v) is 21.0. The molecule has 2 aliphatic rings. The van der Waals surface area contributed by atoms with Crippen molar-refractivity contribution < 1.29 is 4.74 Å². The molecule has 0 fully saturated rings. The van der Waals surface area contributed by atoms with Gasteiger partial charge in [0.2, 0.25) is 0 Å². The Morgan fingerprint density at radius 3 is 1.02 bits per heavy atom. The maximum Gasteiger partial charge on any atom is 0.179 e. The maximum absolute atomic E-state index is 7.11. The van der Waals surface area contributed by atoms with Gasteiger partial charge in [-0.15, -0.1) is 0 Å². The van der Waals surface area contributed by atoms with E-state index in [1.165, 1.54) is 74.9 Å². The van der Waals surface area contributed by atoms with E-state index in [2.05, 4.69) is 267 Å². The summed E-state index contributed by atoms with van der Waals surface area (Å²) in [4.78, 5) is 0. The Morgan fingerprint density at radius 1 is 0.234 bits per heavy atom. The molecule has 10 aromatic carbocycles. The van der Waals surface area contributed by atoms with E-state index >= 15 is 0 Å². The van der Waals surface area contributed by atoms with E-state index < -0.39 is 21.6 Å². The first kappa shape index (κ1) is 38.1. The predicted octanol–water partition coefficient (Wildman–Crippen LogP) is 8.91. The van der Waals surface area contributed by atoms with E-state index in [0.717, 1.165) is 11.5 Å². The van der Waals surface area contributed by atoms with E-state index in [1.807, 2.05) is 0 Å². The van der Waals surface area contributed by atoms with Crippen molar-refractivity contribution in [2.45, 2.75) is 5.41 Å². The van der Waals surface area contributed by atoms with Crippen molar-refractivity contribution in [3.05, 3.63) is 289 Å². The van der Waals surface area contributed by atoms with Gasteiger partial charge in [0.05, 0.1) is 5.41 Å². The Morgan fingerprint density at radius 2 is 0.562 bits per heavy atom. The summed E-state index contributed by atoms with van der Waals surface area (Å²) >= 11 is 0. The van der Waals surface area contributed by atoms with Crippen LogP contribution in [0.25, 0.3) is 11.1 Å². The zero-order chi connectivity index (χ0) is 42.6. The molecule has 0 amide bonds. The zero-order valence-electron chi connectivity index (χ0n) is 35.3. The molecule has 1 unspecified atom stereocenters. The van der Waals surface area contributed by atoms with Gasteiger partial charge in [0.15, 0.2) is 16.1 Å². The minimum atomic E-state index is -2.92. The van der Waals surface area contributed by atoms with Crippen molar-refractivity contribution in [2.24, 2.45) is 0 Å². The molecule has 302 valence electrons. The van der Waals surface area contributed by atoms with Crippen LogP contribution < -0.4 is 46.2 Å². The molecule has 0 radical (unpaired) electrons. The molecule has 0 bridgehead atoms. The van der Waals surface area contributed by atoms with Crippen molar-refractivity contribution in [1.82, 2.24) is 0 Å². The lowest BCUT2D eigenvalue weighted by Crippen LogP contribution is -2.75. The van der Waals surface area contributed by atoms with Gasteiger partial charge in [-0.05, 0) is 75.9 Å². The largest absolute Gasteiger partial charge is 0.457 e. The molecule has 3 heteroatoms. The molecular formula is C61H44OSi2. The molecule has 10 aromatic rings. The number of hydrogen-bond donors (Lipinski definition) is 0. The van der Waals surface area contributed by atoms with Crippen LogP contribution in [-0.2, 0) is 5.41 Å². The maximum atomic E-state index is 7.11. The van der Waals surface area contributed by atoms with Crippen LogP contribution in [0.2, 0.25) is 0 Å². The second kappa shape index (κ2) is 15.4. The average molecular weight is 849 g/mol. The Bertz CT molecular complexity index is 3090. The minimum absolute atomic E-state index is 0.684. The van der Waals surface area contributed by atoms with Gasteiger partial charge in [-0.1, -0.05) is 255 Å². The summed E-state index contributed by atoms with van der Waals surface area (Å²) in [6.45, 7) is 0. The number of benzene rings is 10. The summed E-state index contributed by atoms with van der Waals surface area (Å²) in [7, 11) is -5.83. The fraction of sp³-hybridized carbons (Fsp3) is 0.0164. The summed E-state index contributed by atoms with van der Waals surface area (Å²) in [6.07, 6.45) is 0. The lowest BCUT2D eigenvalue weighted by atomic mass is 9.66. The summed E-state index contributed by atoms with van der Waals surface area (Å²) < 4.78 is 7.11. The Balaban J connectivity index is 1.22. The van der Waals surface area contributed by atoms with Gasteiger partial charge in [-0.2, -0.15) is 0 Å². The lowest BCUT2D eigenvalue weighted by molar-refractivity contribution is 0.436. The van der Waals surface area contributed by atoms with E-state index in [4.69, 9.17) is 4.74 Å². The second-order valence-corrected chi connectivity index (χ2v) is 24.7. The van der Waals surface area contributed by atoms with Gasteiger partial charge in [0.1, 0.15) is 11.5 Å². The number of hydrogen-bond acceptors (Lipinski definition) is 1. The van der Waals surface area contributed by atoms with Gasteiger partial charge in [0, 0.05) is 11.1 Å². The molecule has 1 aliphatic heterocycles. The van der Waals surface area contributed by atoms with Crippen LogP contribution in [0, 0.1) is 0 Å². The van der Waals surface area contributed by atoms with Crippen molar-refractivity contribution in [2.75, 3.05) is 0 Å². The summed E-state index contributed by atoms with van der Waals surface area (Å²) in [5.74, 6) is 1.79. The first-order chi connectivity index (χ1) is 31.7. The van der Waals surface area contributed by atoms with E-state index in [1.54, 1.807) is 0 Å². The summed E-state index contributed by atoms with van der Waals surface area (Å²) in [6, 6.07) is 100. The van der Waals surface area contributed by atoms with Crippen LogP contribution in [0.4, 0.5) is 0 Å². The average Bonchev–Trinajstić information content (AvgIpc) is 3.66. The topological polar surface area (TPSA) is 9.23 Å². The van der Waals surface area contributed by atoms with Gasteiger partial charge in [-0.3, -0.25) is 0 Å². The molecule has 0 saturated heterocycles. The van der Waals surface area contributed by atoms with Gasteiger partial charge < -0.3 is 4.74 Å². The summed E-state index contributed by atoms with van der Waals surface area (Å²) in [5.41, 5.74) is 6.78. The molecule has 1 aliphatic carbocycles. The third kappa shape index (κ3) is 5.48. The monoisotopic (exact) mass is 848 g/mol. The Hall–Kier alpha value is -7.57. The smallest absolute Gasteiger partial charge is 0.179 e. The molecule has 64 heavy (non-hydrogen) atoms. The molecule has 0 N–H and O–H groups in total. The molecule has 1 heterocycles. The normalized spacial score (nSPS) is 14.8. The third-order valence-corrected chi connectivity index (χ3v) is 23.6. The Labute approximate surface area is 377 Å². The molecule has 0 saturated carbocycles. The zero-order valence-corrected chi connectivity index (χ0v) is 37.3. The van der Waals surface area contributed by atoms with E-state index in [0.29, 0.717) is 0 Å².